The van der Waals surface area contributed by atoms with Crippen LogP contribution in [0.4, 0.5) is 18.9 Å². The summed E-state index contributed by atoms with van der Waals surface area (Å²) in [6, 6.07) is 6.90. The molecular weight excluding hydrogens is 279 g/mol. The summed E-state index contributed by atoms with van der Waals surface area (Å²) in [7, 11) is -4.25. The van der Waals surface area contributed by atoms with E-state index in [1.165, 1.54) is 18.2 Å². The maximum Gasteiger partial charge on any atom is 0.262 e. The molecule has 2 rings (SSSR count). The van der Waals surface area contributed by atoms with Gasteiger partial charge in [-0.2, -0.15) is 0 Å². The minimum atomic E-state index is -4.25. The minimum absolute atomic E-state index is 0.299. The second-order valence-electron chi connectivity index (χ2n) is 3.69. The van der Waals surface area contributed by atoms with Crippen molar-refractivity contribution < 1.29 is 21.6 Å². The molecule has 0 aliphatic heterocycles. The molecule has 0 aliphatic carbocycles. The van der Waals surface area contributed by atoms with Crippen LogP contribution >= 0.6 is 0 Å². The molecule has 0 atom stereocenters. The number of halogens is 3. The van der Waals surface area contributed by atoms with Gasteiger partial charge in [-0.15, -0.1) is 0 Å². The summed E-state index contributed by atoms with van der Waals surface area (Å²) < 4.78 is 64.9. The number of sulfonamides is 1. The Labute approximate surface area is 107 Å². The fraction of sp³-hybridized carbons (Fsp3) is 0. The summed E-state index contributed by atoms with van der Waals surface area (Å²) in [5.74, 6) is -2.86. The molecule has 0 heterocycles. The predicted molar refractivity (Wildman–Crippen MR) is 63.6 cm³/mol. The van der Waals surface area contributed by atoms with Crippen LogP contribution in [0.1, 0.15) is 0 Å². The normalized spacial score (nSPS) is 11.3. The first kappa shape index (κ1) is 13.4. The van der Waals surface area contributed by atoms with Crippen molar-refractivity contribution in [2.45, 2.75) is 4.90 Å². The highest BCUT2D eigenvalue weighted by molar-refractivity contribution is 7.92. The van der Waals surface area contributed by atoms with E-state index in [9.17, 15) is 21.6 Å². The Morgan fingerprint density at radius 3 is 2.05 bits per heavy atom. The van der Waals surface area contributed by atoms with Crippen LogP contribution in [-0.2, 0) is 10.0 Å². The third kappa shape index (κ3) is 3.05. The van der Waals surface area contributed by atoms with Crippen molar-refractivity contribution in [3.05, 3.63) is 59.9 Å². The topological polar surface area (TPSA) is 46.2 Å². The van der Waals surface area contributed by atoms with Crippen molar-refractivity contribution in [2.24, 2.45) is 0 Å². The van der Waals surface area contributed by atoms with Gasteiger partial charge in [0.15, 0.2) is 0 Å². The van der Waals surface area contributed by atoms with Crippen molar-refractivity contribution in [3.8, 4) is 0 Å². The van der Waals surface area contributed by atoms with Gasteiger partial charge in [-0.25, -0.2) is 21.6 Å². The molecular formula is C12H8F3NO2S. The first-order chi connectivity index (χ1) is 8.88. The van der Waals surface area contributed by atoms with Gasteiger partial charge in [0.05, 0.1) is 10.6 Å². The molecule has 0 bridgehead atoms. The van der Waals surface area contributed by atoms with E-state index >= 15 is 0 Å². The van der Waals surface area contributed by atoms with Crippen LogP contribution in [-0.4, -0.2) is 8.42 Å². The molecule has 0 aliphatic rings. The van der Waals surface area contributed by atoms with Crippen LogP contribution in [0.5, 0.6) is 0 Å². The van der Waals surface area contributed by atoms with Gasteiger partial charge in [-0.3, -0.25) is 4.72 Å². The lowest BCUT2D eigenvalue weighted by atomic mass is 10.3. The third-order valence-corrected chi connectivity index (χ3v) is 3.61. The first-order valence-corrected chi connectivity index (χ1v) is 6.60. The average Bonchev–Trinajstić information content (AvgIpc) is 2.31. The SMILES string of the molecule is O=S(=O)(Nc1ccccc1F)c1cc(F)cc(F)c1. The van der Waals surface area contributed by atoms with Crippen LogP contribution < -0.4 is 4.72 Å². The molecule has 7 heteroatoms. The molecule has 0 spiro atoms. The zero-order valence-electron chi connectivity index (χ0n) is 9.40. The molecule has 0 saturated carbocycles. The van der Waals surface area contributed by atoms with Crippen LogP contribution in [0.3, 0.4) is 0 Å². The van der Waals surface area contributed by atoms with Gasteiger partial charge in [0, 0.05) is 6.07 Å². The second kappa shape index (κ2) is 4.93. The second-order valence-corrected chi connectivity index (χ2v) is 5.37. The molecule has 19 heavy (non-hydrogen) atoms. The molecule has 0 unspecified atom stereocenters. The van der Waals surface area contributed by atoms with E-state index in [0.29, 0.717) is 18.2 Å². The third-order valence-electron chi connectivity index (χ3n) is 2.26. The van der Waals surface area contributed by atoms with Gasteiger partial charge in [0.25, 0.3) is 10.0 Å². The highest BCUT2D eigenvalue weighted by atomic mass is 32.2. The van der Waals surface area contributed by atoms with E-state index in [4.69, 9.17) is 0 Å². The van der Waals surface area contributed by atoms with Gasteiger partial charge >= 0.3 is 0 Å². The van der Waals surface area contributed by atoms with Gasteiger partial charge in [0.1, 0.15) is 17.5 Å². The maximum absolute atomic E-state index is 13.3. The lowest BCUT2D eigenvalue weighted by molar-refractivity contribution is 0.568. The smallest absolute Gasteiger partial charge is 0.262 e. The van der Waals surface area contributed by atoms with Crippen LogP contribution in [0.2, 0.25) is 0 Å². The Morgan fingerprint density at radius 1 is 0.895 bits per heavy atom. The molecule has 100 valence electrons. The highest BCUT2D eigenvalue weighted by Crippen LogP contribution is 2.20. The summed E-state index contributed by atoms with van der Waals surface area (Å²) in [5, 5.41) is 0. The highest BCUT2D eigenvalue weighted by Gasteiger charge is 2.18. The van der Waals surface area contributed by atoms with E-state index in [-0.39, 0.29) is 5.69 Å². The summed E-state index contributed by atoms with van der Waals surface area (Å²) in [6.07, 6.45) is 0. The van der Waals surface area contributed by atoms with Gasteiger partial charge in [-0.1, -0.05) is 12.1 Å². The van der Waals surface area contributed by atoms with Crippen LogP contribution in [0.15, 0.2) is 47.4 Å². The van der Waals surface area contributed by atoms with Crippen LogP contribution in [0, 0.1) is 17.5 Å². The molecule has 0 fully saturated rings. The molecule has 0 saturated heterocycles. The van der Waals surface area contributed by atoms with Gasteiger partial charge in [-0.05, 0) is 24.3 Å². The predicted octanol–water partition coefficient (Wildman–Crippen LogP) is 2.90. The summed E-state index contributed by atoms with van der Waals surface area (Å²) in [4.78, 5) is -0.617. The van der Waals surface area contributed by atoms with Crippen molar-refractivity contribution in [2.75, 3.05) is 4.72 Å². The number of rotatable bonds is 3. The fourth-order valence-electron chi connectivity index (χ4n) is 1.43. The zero-order chi connectivity index (χ0) is 14.0. The molecule has 2 aromatic carbocycles. The monoisotopic (exact) mass is 287 g/mol. The molecule has 0 amide bonds. The molecule has 1 N–H and O–H groups in total. The minimum Gasteiger partial charge on any atom is -0.277 e. The van der Waals surface area contributed by atoms with Crippen molar-refractivity contribution >= 4 is 15.7 Å². The Kier molecular flexibility index (Phi) is 3.48. The largest absolute Gasteiger partial charge is 0.277 e. The van der Waals surface area contributed by atoms with Crippen molar-refractivity contribution in [1.29, 1.82) is 0 Å². The number of anilines is 1. The van der Waals surface area contributed by atoms with Crippen molar-refractivity contribution in [1.82, 2.24) is 0 Å². The van der Waals surface area contributed by atoms with E-state index in [0.717, 1.165) is 6.07 Å². The fourth-order valence-corrected chi connectivity index (χ4v) is 2.54. The number of hydrogen-bond acceptors (Lipinski definition) is 2. The summed E-state index contributed by atoms with van der Waals surface area (Å²) in [5.41, 5.74) is -0.299. The average molecular weight is 287 g/mol. The number of para-hydroxylation sites is 1. The quantitative estimate of drug-likeness (QED) is 0.943. The van der Waals surface area contributed by atoms with Gasteiger partial charge in [0.2, 0.25) is 0 Å². The number of hydrogen-bond donors (Lipinski definition) is 1. The Balaban J connectivity index is 2.41. The molecule has 0 radical (unpaired) electrons. The Hall–Kier alpha value is -2.02. The standard InChI is InChI=1S/C12H8F3NO2S/c13-8-5-9(14)7-10(6-8)19(17,18)16-12-4-2-1-3-11(12)15/h1-7,16H. The molecule has 0 aromatic heterocycles. The van der Waals surface area contributed by atoms with Gasteiger partial charge < -0.3 is 0 Å². The molecule has 2 aromatic rings. The molecule has 3 nitrogen and oxygen atoms in total. The lowest BCUT2D eigenvalue weighted by Crippen LogP contribution is -2.14. The number of nitrogens with one attached hydrogen (secondary N) is 1. The van der Waals surface area contributed by atoms with E-state index in [2.05, 4.69) is 0 Å². The van der Waals surface area contributed by atoms with Crippen molar-refractivity contribution in [3.63, 3.8) is 0 Å². The summed E-state index contributed by atoms with van der Waals surface area (Å²) >= 11 is 0. The lowest BCUT2D eigenvalue weighted by Gasteiger charge is -2.09. The Morgan fingerprint density at radius 2 is 1.47 bits per heavy atom. The maximum atomic E-state index is 13.3. The van der Waals surface area contributed by atoms with E-state index in [1.54, 1.807) is 0 Å². The summed E-state index contributed by atoms with van der Waals surface area (Å²) in [6.45, 7) is 0. The number of benzene rings is 2. The first-order valence-electron chi connectivity index (χ1n) is 5.12. The van der Waals surface area contributed by atoms with Crippen LogP contribution in [0.25, 0.3) is 0 Å². The Bertz CT molecular complexity index is 696. The van der Waals surface area contributed by atoms with E-state index < -0.39 is 32.4 Å². The zero-order valence-corrected chi connectivity index (χ0v) is 10.2. The van der Waals surface area contributed by atoms with E-state index in [1.807, 2.05) is 4.72 Å².